The molecule has 20 heavy (non-hydrogen) atoms. The van der Waals surface area contributed by atoms with Gasteiger partial charge in [-0.25, -0.2) is 0 Å². The second-order valence-electron chi connectivity index (χ2n) is 3.98. The Bertz CT molecular complexity index is 466. The molecule has 0 amide bonds. The van der Waals surface area contributed by atoms with Crippen LogP contribution in [0.4, 0.5) is 0 Å². The third-order valence-corrected chi connectivity index (χ3v) is 5.31. The molecular formula is C19H29P. The van der Waals surface area contributed by atoms with Crippen molar-refractivity contribution in [2.45, 2.75) is 41.0 Å². The fraction of sp³-hybridized carbons (Fsp3) is 0.368. The lowest BCUT2D eigenvalue weighted by molar-refractivity contribution is 1.19. The summed E-state index contributed by atoms with van der Waals surface area (Å²) in [5.74, 6) is 0. The summed E-state index contributed by atoms with van der Waals surface area (Å²) >= 11 is 0. The Morgan fingerprint density at radius 2 is 1.70 bits per heavy atom. The van der Waals surface area contributed by atoms with Gasteiger partial charge < -0.3 is 0 Å². The van der Waals surface area contributed by atoms with Crippen molar-refractivity contribution in [3.05, 3.63) is 65.5 Å². The summed E-state index contributed by atoms with van der Waals surface area (Å²) in [5.41, 5.74) is 2.87. The standard InChI is InChI=1S/C15H17P.2C2H6/c1-4-8-14-12(5-2)11-13-9-6-7-10-15(13)16(14)3;2*1-2/h4-10H,2,11H2,1,3H3;2*1-2H3/b8-4-;;. The minimum absolute atomic E-state index is 0.200. The Hall–Kier alpha value is -1.13. The molecule has 0 saturated carbocycles. The third kappa shape index (κ3) is 4.46. The van der Waals surface area contributed by atoms with Gasteiger partial charge >= 0.3 is 0 Å². The monoisotopic (exact) mass is 288 g/mol. The molecule has 1 unspecified atom stereocenters. The first-order valence-electron chi connectivity index (χ1n) is 7.58. The van der Waals surface area contributed by atoms with Crippen molar-refractivity contribution in [1.29, 1.82) is 0 Å². The summed E-state index contributed by atoms with van der Waals surface area (Å²) in [6, 6.07) is 8.78. The fourth-order valence-electron chi connectivity index (χ4n) is 2.18. The maximum absolute atomic E-state index is 3.94. The number of hydrogen-bond donors (Lipinski definition) is 0. The second kappa shape index (κ2) is 10.6. The van der Waals surface area contributed by atoms with Crippen LogP contribution >= 0.6 is 7.92 Å². The number of fused-ring (bicyclic) bond motifs is 1. The summed E-state index contributed by atoms with van der Waals surface area (Å²) in [7, 11) is -0.200. The van der Waals surface area contributed by atoms with Crippen LogP contribution in [0.25, 0.3) is 0 Å². The van der Waals surface area contributed by atoms with E-state index in [2.05, 4.69) is 56.6 Å². The summed E-state index contributed by atoms with van der Waals surface area (Å²) in [6.07, 6.45) is 7.43. The van der Waals surface area contributed by atoms with Crippen molar-refractivity contribution in [2.75, 3.05) is 6.66 Å². The van der Waals surface area contributed by atoms with Crippen molar-refractivity contribution in [3.8, 4) is 0 Å². The van der Waals surface area contributed by atoms with E-state index in [0.29, 0.717) is 0 Å². The van der Waals surface area contributed by atoms with Crippen LogP contribution in [0.3, 0.4) is 0 Å². The predicted octanol–water partition coefficient (Wildman–Crippen LogP) is 6.05. The Kier molecular flexibility index (Phi) is 10.0. The lowest BCUT2D eigenvalue weighted by Crippen LogP contribution is -2.14. The van der Waals surface area contributed by atoms with E-state index in [4.69, 9.17) is 0 Å². The van der Waals surface area contributed by atoms with Crippen LogP contribution in [0.15, 0.2) is 60.0 Å². The van der Waals surface area contributed by atoms with E-state index in [1.165, 1.54) is 21.8 Å². The normalized spacial score (nSPS) is 16.6. The first-order valence-corrected chi connectivity index (χ1v) is 9.36. The summed E-state index contributed by atoms with van der Waals surface area (Å²) in [6.45, 7) is 16.4. The van der Waals surface area contributed by atoms with Crippen molar-refractivity contribution < 1.29 is 0 Å². The molecule has 0 radical (unpaired) electrons. The molecular weight excluding hydrogens is 259 g/mol. The van der Waals surface area contributed by atoms with Crippen molar-refractivity contribution in [1.82, 2.24) is 0 Å². The van der Waals surface area contributed by atoms with Gasteiger partial charge in [0.25, 0.3) is 0 Å². The van der Waals surface area contributed by atoms with Crippen molar-refractivity contribution in [3.63, 3.8) is 0 Å². The minimum atomic E-state index is -0.200. The Balaban J connectivity index is 0.000000829. The topological polar surface area (TPSA) is 0 Å². The highest BCUT2D eigenvalue weighted by molar-refractivity contribution is 7.69. The zero-order chi connectivity index (χ0) is 15.5. The fourth-order valence-corrected chi connectivity index (χ4v) is 4.31. The molecule has 2 rings (SSSR count). The van der Waals surface area contributed by atoms with E-state index in [0.717, 1.165) is 6.42 Å². The molecule has 1 aliphatic heterocycles. The highest BCUT2D eigenvalue weighted by Crippen LogP contribution is 2.47. The number of allylic oxidation sites excluding steroid dienone is 5. The van der Waals surface area contributed by atoms with Gasteiger partial charge in [-0.2, -0.15) is 0 Å². The van der Waals surface area contributed by atoms with E-state index in [1.807, 2.05) is 33.8 Å². The van der Waals surface area contributed by atoms with Gasteiger partial charge in [0.05, 0.1) is 0 Å². The lowest BCUT2D eigenvalue weighted by atomic mass is 10.0. The molecule has 1 atom stereocenters. The summed E-state index contributed by atoms with van der Waals surface area (Å²) in [4.78, 5) is 0. The van der Waals surface area contributed by atoms with E-state index in [-0.39, 0.29) is 7.92 Å². The molecule has 0 aliphatic carbocycles. The molecule has 1 heteroatoms. The van der Waals surface area contributed by atoms with Crippen LogP contribution in [-0.2, 0) is 6.42 Å². The molecule has 0 bridgehead atoms. The van der Waals surface area contributed by atoms with Gasteiger partial charge in [0.1, 0.15) is 0 Å². The maximum atomic E-state index is 3.94. The first-order chi connectivity index (χ1) is 9.77. The molecule has 1 aromatic rings. The van der Waals surface area contributed by atoms with E-state index in [1.54, 1.807) is 0 Å². The van der Waals surface area contributed by atoms with Crippen LogP contribution in [0, 0.1) is 0 Å². The smallest absolute Gasteiger partial charge is 0.00131 e. The predicted molar refractivity (Wildman–Crippen MR) is 97.4 cm³/mol. The van der Waals surface area contributed by atoms with E-state index >= 15 is 0 Å². The average molecular weight is 288 g/mol. The Morgan fingerprint density at radius 1 is 1.10 bits per heavy atom. The van der Waals surface area contributed by atoms with Crippen LogP contribution in [0.1, 0.15) is 40.2 Å². The van der Waals surface area contributed by atoms with Crippen LogP contribution in [0.2, 0.25) is 0 Å². The van der Waals surface area contributed by atoms with E-state index in [9.17, 15) is 0 Å². The van der Waals surface area contributed by atoms with Gasteiger partial charge in [0.2, 0.25) is 0 Å². The number of benzene rings is 1. The molecule has 0 N–H and O–H groups in total. The van der Waals surface area contributed by atoms with Gasteiger partial charge in [-0.3, -0.25) is 0 Å². The number of rotatable bonds is 2. The van der Waals surface area contributed by atoms with Gasteiger partial charge in [0.15, 0.2) is 0 Å². The number of hydrogen-bond acceptors (Lipinski definition) is 0. The molecule has 0 fully saturated rings. The molecule has 1 heterocycles. The molecule has 110 valence electrons. The van der Waals surface area contributed by atoms with Gasteiger partial charge in [-0.15, -0.1) is 0 Å². The highest BCUT2D eigenvalue weighted by Gasteiger charge is 2.20. The van der Waals surface area contributed by atoms with Crippen LogP contribution in [-0.4, -0.2) is 6.66 Å². The zero-order valence-electron chi connectivity index (χ0n) is 13.9. The summed E-state index contributed by atoms with van der Waals surface area (Å²) < 4.78 is 0. The van der Waals surface area contributed by atoms with Crippen LogP contribution in [0.5, 0.6) is 0 Å². The molecule has 0 spiro atoms. The Labute approximate surface area is 127 Å². The van der Waals surface area contributed by atoms with Gasteiger partial charge in [0, 0.05) is 0 Å². The van der Waals surface area contributed by atoms with Crippen LogP contribution < -0.4 is 5.30 Å². The molecule has 1 aliphatic rings. The molecule has 1 aromatic carbocycles. The lowest BCUT2D eigenvalue weighted by Gasteiger charge is -2.26. The maximum Gasteiger partial charge on any atom is -0.00131 e. The van der Waals surface area contributed by atoms with Crippen molar-refractivity contribution in [2.24, 2.45) is 0 Å². The second-order valence-corrected chi connectivity index (χ2v) is 6.06. The quantitative estimate of drug-likeness (QED) is 0.581. The summed E-state index contributed by atoms with van der Waals surface area (Å²) in [5, 5.41) is 3.00. The SMILES string of the molecule is C=CC1=C(/C=C\C)P(C)c2ccccc2C1.CC.CC. The Morgan fingerprint density at radius 3 is 2.25 bits per heavy atom. The molecule has 0 saturated heterocycles. The minimum Gasteiger partial charge on any atom is -0.0988 e. The average Bonchev–Trinajstić information content (AvgIpc) is 2.54. The molecule has 0 nitrogen and oxygen atoms in total. The van der Waals surface area contributed by atoms with E-state index < -0.39 is 0 Å². The first kappa shape index (κ1) is 18.9. The van der Waals surface area contributed by atoms with Crippen molar-refractivity contribution >= 4 is 13.2 Å². The highest BCUT2D eigenvalue weighted by atomic mass is 31.1. The van der Waals surface area contributed by atoms with Gasteiger partial charge in [-0.1, -0.05) is 76.8 Å². The third-order valence-electron chi connectivity index (χ3n) is 3.00. The van der Waals surface area contributed by atoms with Gasteiger partial charge in [-0.05, 0) is 49.7 Å². The molecule has 0 aromatic heterocycles. The largest absolute Gasteiger partial charge is 0.0988 e. The zero-order valence-corrected chi connectivity index (χ0v) is 14.8.